The van der Waals surface area contributed by atoms with Crippen molar-refractivity contribution in [3.05, 3.63) is 0 Å². The number of unbranched alkanes of at least 4 members (excludes halogenated alkanes) is 10. The largest absolute Gasteiger partial charge is 0.270 e. The second-order valence-corrected chi connectivity index (χ2v) is 7.38. The van der Waals surface area contributed by atoms with E-state index < -0.39 is 10.1 Å². The summed E-state index contributed by atoms with van der Waals surface area (Å²) >= 11 is 0. The highest BCUT2D eigenvalue weighted by molar-refractivity contribution is 7.86. The van der Waals surface area contributed by atoms with Crippen molar-refractivity contribution < 1.29 is 12.6 Å². The predicted molar refractivity (Wildman–Crippen MR) is 86.5 cm³/mol. The maximum Gasteiger partial charge on any atom is 0.267 e. The summed E-state index contributed by atoms with van der Waals surface area (Å²) in [6.07, 6.45) is 14.1. The van der Waals surface area contributed by atoms with Gasteiger partial charge in [0.05, 0.1) is 12.4 Å². The van der Waals surface area contributed by atoms with Gasteiger partial charge in [-0.1, -0.05) is 78.1 Å². The highest BCUT2D eigenvalue weighted by atomic mass is 32.2. The molecule has 0 rings (SSSR count). The molecule has 0 aromatic heterocycles. The van der Waals surface area contributed by atoms with Gasteiger partial charge >= 0.3 is 0 Å². The first-order valence-electron chi connectivity index (χ1n) is 8.49. The van der Waals surface area contributed by atoms with Crippen LogP contribution in [0.1, 0.15) is 90.9 Å². The second kappa shape index (κ2) is 13.9. The Morgan fingerprint density at radius 2 is 1.10 bits per heavy atom. The second-order valence-electron chi connectivity index (χ2n) is 5.62. The molecule has 0 saturated heterocycles. The van der Waals surface area contributed by atoms with Gasteiger partial charge in [-0.25, -0.2) is 0 Å². The molecular formula is C16H34O3S. The summed E-state index contributed by atoms with van der Waals surface area (Å²) in [5.41, 5.74) is 0. The van der Waals surface area contributed by atoms with E-state index in [1.165, 1.54) is 51.4 Å². The standard InChI is InChI=1S/C16H34O3S/c1-3-5-7-8-9-10-11-12-13-14-15-19-20(17,18)16-6-4-2/h3-16H2,1-2H3. The molecule has 0 aromatic rings. The van der Waals surface area contributed by atoms with Crippen LogP contribution in [0.3, 0.4) is 0 Å². The summed E-state index contributed by atoms with van der Waals surface area (Å²) in [5, 5.41) is 0. The lowest BCUT2D eigenvalue weighted by Crippen LogP contribution is -2.11. The van der Waals surface area contributed by atoms with Crippen molar-refractivity contribution in [1.82, 2.24) is 0 Å². The SMILES string of the molecule is CCCCCCCCCCCCOS(=O)(=O)CCCC. The van der Waals surface area contributed by atoms with Crippen molar-refractivity contribution in [2.24, 2.45) is 0 Å². The first kappa shape index (κ1) is 19.9. The molecule has 0 amide bonds. The summed E-state index contributed by atoms with van der Waals surface area (Å²) in [7, 11) is -3.25. The molecule has 0 aliphatic rings. The highest BCUT2D eigenvalue weighted by Gasteiger charge is 2.09. The number of hydrogen-bond donors (Lipinski definition) is 0. The third kappa shape index (κ3) is 14.3. The van der Waals surface area contributed by atoms with Crippen LogP contribution in [0.2, 0.25) is 0 Å². The molecule has 0 N–H and O–H groups in total. The fourth-order valence-corrected chi connectivity index (χ4v) is 3.29. The van der Waals surface area contributed by atoms with E-state index in [0.717, 1.165) is 19.3 Å². The molecule has 0 unspecified atom stereocenters. The Hall–Kier alpha value is -0.0900. The molecule has 0 heterocycles. The van der Waals surface area contributed by atoms with Gasteiger partial charge < -0.3 is 0 Å². The van der Waals surface area contributed by atoms with Crippen LogP contribution in [0.25, 0.3) is 0 Å². The van der Waals surface area contributed by atoms with Gasteiger partial charge in [0.2, 0.25) is 0 Å². The van der Waals surface area contributed by atoms with E-state index in [4.69, 9.17) is 4.18 Å². The zero-order valence-electron chi connectivity index (χ0n) is 13.5. The van der Waals surface area contributed by atoms with Crippen LogP contribution < -0.4 is 0 Å². The van der Waals surface area contributed by atoms with Crippen LogP contribution in [-0.4, -0.2) is 20.8 Å². The Morgan fingerprint density at radius 1 is 0.650 bits per heavy atom. The van der Waals surface area contributed by atoms with Crippen LogP contribution in [0, 0.1) is 0 Å². The van der Waals surface area contributed by atoms with Crippen LogP contribution in [0.15, 0.2) is 0 Å². The molecule has 0 aromatic carbocycles. The van der Waals surface area contributed by atoms with E-state index in [1.807, 2.05) is 6.92 Å². The summed E-state index contributed by atoms with van der Waals surface area (Å²) in [6, 6.07) is 0. The maximum atomic E-state index is 11.4. The molecular weight excluding hydrogens is 272 g/mol. The molecule has 0 fully saturated rings. The minimum absolute atomic E-state index is 0.168. The fraction of sp³-hybridized carbons (Fsp3) is 1.00. The quantitative estimate of drug-likeness (QED) is 0.314. The molecule has 20 heavy (non-hydrogen) atoms. The summed E-state index contributed by atoms with van der Waals surface area (Å²) in [4.78, 5) is 0. The molecule has 0 spiro atoms. The van der Waals surface area contributed by atoms with Crippen molar-refractivity contribution in [2.75, 3.05) is 12.4 Å². The van der Waals surface area contributed by atoms with Gasteiger partial charge in [0, 0.05) is 0 Å². The van der Waals surface area contributed by atoms with Gasteiger partial charge in [-0.15, -0.1) is 0 Å². The number of hydrogen-bond acceptors (Lipinski definition) is 3. The molecule has 0 bridgehead atoms. The van der Waals surface area contributed by atoms with E-state index in [-0.39, 0.29) is 5.75 Å². The maximum absolute atomic E-state index is 11.4. The Kier molecular flexibility index (Phi) is 13.8. The lowest BCUT2D eigenvalue weighted by molar-refractivity contribution is 0.305. The van der Waals surface area contributed by atoms with Crippen LogP contribution >= 0.6 is 0 Å². The summed E-state index contributed by atoms with van der Waals surface area (Å²) in [6.45, 7) is 4.59. The van der Waals surface area contributed by atoms with E-state index in [1.54, 1.807) is 0 Å². The van der Waals surface area contributed by atoms with Crippen molar-refractivity contribution in [2.45, 2.75) is 90.9 Å². The Morgan fingerprint density at radius 3 is 1.60 bits per heavy atom. The van der Waals surface area contributed by atoms with E-state index in [0.29, 0.717) is 13.0 Å². The van der Waals surface area contributed by atoms with Gasteiger partial charge in [-0.2, -0.15) is 8.42 Å². The normalized spacial score (nSPS) is 11.9. The first-order chi connectivity index (χ1) is 9.62. The molecule has 122 valence electrons. The fourth-order valence-electron chi connectivity index (χ4n) is 2.16. The third-order valence-corrected chi connectivity index (χ3v) is 4.82. The van der Waals surface area contributed by atoms with Crippen molar-refractivity contribution in [3.8, 4) is 0 Å². The topological polar surface area (TPSA) is 43.4 Å². The first-order valence-corrected chi connectivity index (χ1v) is 10.1. The van der Waals surface area contributed by atoms with Gasteiger partial charge in [0.1, 0.15) is 0 Å². The molecule has 0 saturated carbocycles. The van der Waals surface area contributed by atoms with Crippen molar-refractivity contribution in [1.29, 1.82) is 0 Å². The van der Waals surface area contributed by atoms with Crippen molar-refractivity contribution in [3.63, 3.8) is 0 Å². The van der Waals surface area contributed by atoms with Gasteiger partial charge in [-0.05, 0) is 12.8 Å². The zero-order valence-corrected chi connectivity index (χ0v) is 14.3. The Bertz CT molecular complexity index is 286. The number of rotatable bonds is 15. The summed E-state index contributed by atoms with van der Waals surface area (Å²) < 4.78 is 27.8. The molecule has 0 radical (unpaired) electrons. The minimum Gasteiger partial charge on any atom is -0.270 e. The van der Waals surface area contributed by atoms with E-state index >= 15 is 0 Å². The zero-order chi connectivity index (χ0) is 15.1. The summed E-state index contributed by atoms with van der Waals surface area (Å²) in [5.74, 6) is 0.168. The Balaban J connectivity index is 3.24. The Labute approximate surface area is 126 Å². The van der Waals surface area contributed by atoms with Crippen LogP contribution in [0.4, 0.5) is 0 Å². The molecule has 3 nitrogen and oxygen atoms in total. The average molecular weight is 307 g/mol. The molecule has 0 aliphatic carbocycles. The van der Waals surface area contributed by atoms with Gasteiger partial charge in [0.15, 0.2) is 0 Å². The average Bonchev–Trinajstić information content (AvgIpc) is 2.42. The smallest absolute Gasteiger partial charge is 0.267 e. The van der Waals surface area contributed by atoms with Gasteiger partial charge in [-0.3, -0.25) is 4.18 Å². The van der Waals surface area contributed by atoms with Crippen LogP contribution in [-0.2, 0) is 14.3 Å². The minimum atomic E-state index is -3.25. The molecule has 0 atom stereocenters. The van der Waals surface area contributed by atoms with Gasteiger partial charge in [0.25, 0.3) is 10.1 Å². The molecule has 4 heteroatoms. The van der Waals surface area contributed by atoms with E-state index in [9.17, 15) is 8.42 Å². The highest BCUT2D eigenvalue weighted by Crippen LogP contribution is 2.11. The monoisotopic (exact) mass is 306 g/mol. The third-order valence-electron chi connectivity index (χ3n) is 3.51. The molecule has 0 aliphatic heterocycles. The van der Waals surface area contributed by atoms with E-state index in [2.05, 4.69) is 6.92 Å². The predicted octanol–water partition coefficient (Wildman–Crippen LogP) is 5.05. The lowest BCUT2D eigenvalue weighted by atomic mass is 10.1. The lowest BCUT2D eigenvalue weighted by Gasteiger charge is -2.05. The van der Waals surface area contributed by atoms with Crippen LogP contribution in [0.5, 0.6) is 0 Å². The van der Waals surface area contributed by atoms with Crippen molar-refractivity contribution >= 4 is 10.1 Å².